The molecular weight excluding hydrogens is 354 g/mol. The van der Waals surface area contributed by atoms with Gasteiger partial charge in [-0.1, -0.05) is 0 Å². The standard InChI is InChI=1S/C17H23N5O3S/c1-26(24,25)17(11-3-2-6-18-7-11)22-16(23)12-8-19-15-14(12)21-13(9-20-15)10-4-5-10/h8-11,17-18H,2-7H2,1H3,(H,19,20)(H,22,23). The van der Waals surface area contributed by atoms with Gasteiger partial charge in [0, 0.05) is 30.8 Å². The van der Waals surface area contributed by atoms with Gasteiger partial charge in [-0.2, -0.15) is 0 Å². The van der Waals surface area contributed by atoms with Gasteiger partial charge >= 0.3 is 0 Å². The van der Waals surface area contributed by atoms with Crippen LogP contribution in [0.3, 0.4) is 0 Å². The minimum atomic E-state index is -3.43. The van der Waals surface area contributed by atoms with Crippen molar-refractivity contribution < 1.29 is 13.2 Å². The number of carbonyl (C=O) groups excluding carboxylic acids is 1. The van der Waals surface area contributed by atoms with Crippen LogP contribution in [0.1, 0.15) is 47.7 Å². The largest absolute Gasteiger partial charge is 0.344 e. The molecule has 8 nitrogen and oxygen atoms in total. The molecule has 3 heterocycles. The summed E-state index contributed by atoms with van der Waals surface area (Å²) >= 11 is 0. The highest BCUT2D eigenvalue weighted by molar-refractivity contribution is 7.91. The Bertz CT molecular complexity index is 929. The number of aromatic amines is 1. The number of amides is 1. The molecule has 140 valence electrons. The van der Waals surface area contributed by atoms with E-state index in [4.69, 9.17) is 0 Å². The number of nitrogens with one attached hydrogen (secondary N) is 3. The van der Waals surface area contributed by atoms with E-state index in [-0.39, 0.29) is 5.92 Å². The fourth-order valence-corrected chi connectivity index (χ4v) is 4.83. The maximum Gasteiger partial charge on any atom is 0.256 e. The van der Waals surface area contributed by atoms with Crippen LogP contribution in [-0.4, -0.2) is 54.0 Å². The Labute approximate surface area is 152 Å². The Kier molecular flexibility index (Phi) is 4.44. The SMILES string of the molecule is CS(=O)(=O)C(NC(=O)c1c[nH]c2ncc(C3CC3)nc12)C1CCCNC1. The highest BCUT2D eigenvalue weighted by Gasteiger charge is 2.34. The topological polar surface area (TPSA) is 117 Å². The Morgan fingerprint density at radius 3 is 2.81 bits per heavy atom. The van der Waals surface area contributed by atoms with Crippen molar-refractivity contribution in [2.45, 2.75) is 37.0 Å². The van der Waals surface area contributed by atoms with Crippen LogP contribution in [0.15, 0.2) is 12.4 Å². The first-order chi connectivity index (χ1) is 12.4. The molecule has 2 aromatic heterocycles. The Morgan fingerprint density at radius 2 is 2.15 bits per heavy atom. The van der Waals surface area contributed by atoms with E-state index in [2.05, 4.69) is 25.6 Å². The maximum absolute atomic E-state index is 12.8. The second kappa shape index (κ2) is 6.62. The number of hydrogen-bond acceptors (Lipinski definition) is 6. The molecule has 1 aliphatic heterocycles. The molecule has 9 heteroatoms. The average Bonchev–Trinajstić information content (AvgIpc) is 3.38. The molecule has 0 spiro atoms. The van der Waals surface area contributed by atoms with Crippen LogP contribution in [0.5, 0.6) is 0 Å². The lowest BCUT2D eigenvalue weighted by atomic mass is 9.99. The fourth-order valence-electron chi connectivity index (χ4n) is 3.57. The van der Waals surface area contributed by atoms with E-state index in [1.54, 1.807) is 12.4 Å². The summed E-state index contributed by atoms with van der Waals surface area (Å²) in [6.45, 7) is 1.46. The minimum absolute atomic E-state index is 0.138. The van der Waals surface area contributed by atoms with Crippen molar-refractivity contribution in [3.8, 4) is 0 Å². The summed E-state index contributed by atoms with van der Waals surface area (Å²) in [7, 11) is -3.43. The first-order valence-electron chi connectivity index (χ1n) is 8.98. The monoisotopic (exact) mass is 377 g/mol. The van der Waals surface area contributed by atoms with Crippen molar-refractivity contribution in [1.29, 1.82) is 0 Å². The van der Waals surface area contributed by atoms with Crippen molar-refractivity contribution in [1.82, 2.24) is 25.6 Å². The van der Waals surface area contributed by atoms with Crippen LogP contribution >= 0.6 is 0 Å². The number of sulfone groups is 1. The molecule has 0 bridgehead atoms. The molecule has 2 atom stereocenters. The number of H-pyrrole nitrogens is 1. The Morgan fingerprint density at radius 1 is 1.35 bits per heavy atom. The number of nitrogens with zero attached hydrogens (tertiary/aromatic N) is 2. The molecule has 1 saturated carbocycles. The Hall–Kier alpha value is -2.00. The third-order valence-electron chi connectivity index (χ3n) is 5.14. The number of rotatable bonds is 5. The van der Waals surface area contributed by atoms with Gasteiger partial charge in [-0.25, -0.2) is 18.4 Å². The summed E-state index contributed by atoms with van der Waals surface area (Å²) in [5.74, 6) is -0.143. The van der Waals surface area contributed by atoms with Gasteiger partial charge < -0.3 is 15.6 Å². The normalized spacial score (nSPS) is 22.3. The first kappa shape index (κ1) is 17.4. The van der Waals surface area contributed by atoms with E-state index in [0.29, 0.717) is 29.2 Å². The van der Waals surface area contributed by atoms with Crippen molar-refractivity contribution in [2.24, 2.45) is 5.92 Å². The fraction of sp³-hybridized carbons (Fsp3) is 0.588. The molecule has 3 N–H and O–H groups in total. The smallest absolute Gasteiger partial charge is 0.256 e. The summed E-state index contributed by atoms with van der Waals surface area (Å²) in [5.41, 5.74) is 2.27. The zero-order valence-electron chi connectivity index (χ0n) is 14.7. The van der Waals surface area contributed by atoms with E-state index in [1.807, 2.05) is 0 Å². The van der Waals surface area contributed by atoms with Crippen molar-refractivity contribution in [2.75, 3.05) is 19.3 Å². The first-order valence-corrected chi connectivity index (χ1v) is 10.9. The van der Waals surface area contributed by atoms with Gasteiger partial charge in [0.05, 0.1) is 17.5 Å². The molecule has 2 aromatic rings. The average molecular weight is 377 g/mol. The Balaban J connectivity index is 1.61. The quantitative estimate of drug-likeness (QED) is 0.714. The number of carbonyl (C=O) groups is 1. The molecule has 2 fully saturated rings. The molecule has 4 rings (SSSR count). The number of hydrogen-bond donors (Lipinski definition) is 3. The lowest BCUT2D eigenvalue weighted by Crippen LogP contribution is -2.50. The van der Waals surface area contributed by atoms with Gasteiger partial charge in [-0.15, -0.1) is 0 Å². The summed E-state index contributed by atoms with van der Waals surface area (Å²) in [6, 6.07) is 0. The lowest BCUT2D eigenvalue weighted by molar-refractivity contribution is 0.0937. The molecule has 2 aliphatic rings. The molecular formula is C17H23N5O3S. The summed E-state index contributed by atoms with van der Waals surface area (Å²) < 4.78 is 24.5. The third kappa shape index (κ3) is 3.45. The van der Waals surface area contributed by atoms with Crippen LogP contribution in [0.4, 0.5) is 0 Å². The second-order valence-corrected chi connectivity index (χ2v) is 9.47. The molecule has 0 aromatic carbocycles. The summed E-state index contributed by atoms with van der Waals surface area (Å²) in [4.78, 5) is 24.7. The van der Waals surface area contributed by atoms with Gasteiger partial charge in [0.15, 0.2) is 15.5 Å². The predicted molar refractivity (Wildman–Crippen MR) is 97.6 cm³/mol. The van der Waals surface area contributed by atoms with E-state index < -0.39 is 21.1 Å². The molecule has 26 heavy (non-hydrogen) atoms. The van der Waals surface area contributed by atoms with Crippen LogP contribution in [0, 0.1) is 5.92 Å². The minimum Gasteiger partial charge on any atom is -0.344 e. The van der Waals surface area contributed by atoms with Gasteiger partial charge in [0.1, 0.15) is 10.9 Å². The van der Waals surface area contributed by atoms with E-state index in [0.717, 1.165) is 37.9 Å². The summed E-state index contributed by atoms with van der Waals surface area (Å²) in [5, 5.41) is 5.03. The molecule has 0 radical (unpaired) electrons. The van der Waals surface area contributed by atoms with Crippen molar-refractivity contribution in [3.63, 3.8) is 0 Å². The molecule has 1 aliphatic carbocycles. The van der Waals surface area contributed by atoms with E-state index in [1.165, 1.54) is 6.26 Å². The molecule has 2 unspecified atom stereocenters. The predicted octanol–water partition coefficient (Wildman–Crippen LogP) is 0.935. The van der Waals surface area contributed by atoms with Crippen molar-refractivity contribution in [3.05, 3.63) is 23.7 Å². The lowest BCUT2D eigenvalue weighted by Gasteiger charge is -2.30. The third-order valence-corrected chi connectivity index (χ3v) is 6.56. The van der Waals surface area contributed by atoms with Crippen LogP contribution in [-0.2, 0) is 9.84 Å². The second-order valence-electron chi connectivity index (χ2n) is 7.30. The molecule has 1 amide bonds. The van der Waals surface area contributed by atoms with Crippen molar-refractivity contribution >= 4 is 26.9 Å². The number of piperidine rings is 1. The number of fused-ring (bicyclic) bond motifs is 1. The highest BCUT2D eigenvalue weighted by atomic mass is 32.2. The van der Waals surface area contributed by atoms with E-state index >= 15 is 0 Å². The van der Waals surface area contributed by atoms with E-state index in [9.17, 15) is 13.2 Å². The van der Waals surface area contributed by atoms with Crippen LogP contribution in [0.2, 0.25) is 0 Å². The highest BCUT2D eigenvalue weighted by Crippen LogP contribution is 2.39. The van der Waals surface area contributed by atoms with Gasteiger partial charge in [0.25, 0.3) is 5.91 Å². The van der Waals surface area contributed by atoms with Gasteiger partial charge in [0.2, 0.25) is 0 Å². The van der Waals surface area contributed by atoms with Gasteiger partial charge in [-0.05, 0) is 32.2 Å². The van der Waals surface area contributed by atoms with Crippen LogP contribution < -0.4 is 10.6 Å². The zero-order valence-corrected chi connectivity index (χ0v) is 15.5. The maximum atomic E-state index is 12.8. The van der Waals surface area contributed by atoms with Gasteiger partial charge in [-0.3, -0.25) is 4.79 Å². The zero-order chi connectivity index (χ0) is 18.3. The molecule has 1 saturated heterocycles. The van der Waals surface area contributed by atoms with Crippen LogP contribution in [0.25, 0.3) is 11.2 Å². The number of aromatic nitrogens is 3. The summed E-state index contributed by atoms with van der Waals surface area (Å²) in [6.07, 6.45) is 8.32.